The van der Waals surface area contributed by atoms with E-state index in [2.05, 4.69) is 10.1 Å². The van der Waals surface area contributed by atoms with E-state index < -0.39 is 0 Å². The van der Waals surface area contributed by atoms with Gasteiger partial charge in [-0.25, -0.2) is 4.98 Å². The Morgan fingerprint density at radius 2 is 1.68 bits per heavy atom. The minimum atomic E-state index is 0.588. The summed E-state index contributed by atoms with van der Waals surface area (Å²) < 4.78 is 18.0. The number of hydrogen-bond donors (Lipinski definition) is 1. The molecule has 0 aliphatic carbocycles. The molecule has 0 aliphatic heterocycles. The minimum absolute atomic E-state index is 0.588. The number of ether oxygens (including phenoxy) is 2. The summed E-state index contributed by atoms with van der Waals surface area (Å²) >= 11 is 1.48. The van der Waals surface area contributed by atoms with E-state index in [1.54, 1.807) is 0 Å². The highest BCUT2D eigenvalue weighted by atomic mass is 32.1. The van der Waals surface area contributed by atoms with Gasteiger partial charge < -0.3 is 19.7 Å². The van der Waals surface area contributed by atoms with Crippen molar-refractivity contribution in [1.82, 2.24) is 10.1 Å². The van der Waals surface area contributed by atoms with Crippen molar-refractivity contribution < 1.29 is 14.0 Å². The molecular weight excluding hydrogens is 374 g/mol. The fourth-order valence-corrected chi connectivity index (χ4v) is 3.85. The van der Waals surface area contributed by atoms with E-state index in [0.29, 0.717) is 18.3 Å². The summed E-state index contributed by atoms with van der Waals surface area (Å²) in [5.74, 6) is 1.70. The van der Waals surface area contributed by atoms with Crippen molar-refractivity contribution in [1.29, 1.82) is 0 Å². The van der Waals surface area contributed by atoms with E-state index in [1.165, 1.54) is 11.3 Å². The average molecular weight is 398 g/mol. The van der Waals surface area contributed by atoms with Crippen LogP contribution in [-0.2, 0) is 0 Å². The molecule has 0 atom stereocenters. The Morgan fingerprint density at radius 3 is 2.46 bits per heavy atom. The van der Waals surface area contributed by atoms with Crippen molar-refractivity contribution in [2.24, 2.45) is 0 Å². The Balaban J connectivity index is 1.12. The number of aryl methyl sites for hydroxylation is 1. The predicted molar refractivity (Wildman–Crippen MR) is 112 cm³/mol. The first-order chi connectivity index (χ1) is 13.7. The molecule has 4 rings (SSSR count). The van der Waals surface area contributed by atoms with Crippen molar-refractivity contribution in [2.45, 2.75) is 32.6 Å². The first kappa shape index (κ1) is 18.6. The van der Waals surface area contributed by atoms with Gasteiger partial charge in [0.1, 0.15) is 11.5 Å². The Bertz CT molecular complexity index is 1060. The van der Waals surface area contributed by atoms with E-state index in [4.69, 9.17) is 19.7 Å². The van der Waals surface area contributed by atoms with Crippen LogP contribution in [0.4, 0.5) is 5.13 Å². The molecule has 0 saturated carbocycles. The molecule has 2 aromatic carbocycles. The Hall–Kier alpha value is -2.80. The number of thiazole rings is 1. The molecule has 2 heterocycles. The number of benzene rings is 2. The zero-order valence-electron chi connectivity index (χ0n) is 15.8. The number of unbranched alkanes of at least 4 members (excludes halogenated alkanes) is 3. The molecule has 6 nitrogen and oxygen atoms in total. The lowest BCUT2D eigenvalue weighted by Gasteiger charge is -2.07. The number of aromatic nitrogens is 2. The van der Waals surface area contributed by atoms with Gasteiger partial charge in [-0.2, -0.15) is 0 Å². The number of fused-ring (bicyclic) bond motifs is 2. The monoisotopic (exact) mass is 397 g/mol. The molecular formula is C21H23N3O3S. The van der Waals surface area contributed by atoms with Crippen LogP contribution in [0.3, 0.4) is 0 Å². The molecule has 0 radical (unpaired) electrons. The molecule has 28 heavy (non-hydrogen) atoms. The largest absolute Gasteiger partial charge is 0.494 e. The summed E-state index contributed by atoms with van der Waals surface area (Å²) in [6.45, 7) is 3.34. The van der Waals surface area contributed by atoms with Gasteiger partial charge in [0.15, 0.2) is 10.7 Å². The first-order valence-electron chi connectivity index (χ1n) is 9.47. The minimum Gasteiger partial charge on any atom is -0.494 e. The fourth-order valence-electron chi connectivity index (χ4n) is 3.08. The van der Waals surface area contributed by atoms with Crippen LogP contribution in [0.1, 0.15) is 31.4 Å². The van der Waals surface area contributed by atoms with Gasteiger partial charge in [-0.15, -0.1) is 0 Å². The number of nitrogens with two attached hydrogens (primary N) is 1. The second-order valence-electron chi connectivity index (χ2n) is 6.72. The summed E-state index contributed by atoms with van der Waals surface area (Å²) in [6.07, 6.45) is 4.25. The number of hydrogen-bond acceptors (Lipinski definition) is 7. The van der Waals surface area contributed by atoms with Gasteiger partial charge in [0.05, 0.1) is 29.1 Å². The van der Waals surface area contributed by atoms with Crippen LogP contribution in [0.25, 0.3) is 21.2 Å². The second-order valence-corrected chi connectivity index (χ2v) is 7.78. The summed E-state index contributed by atoms with van der Waals surface area (Å²) in [5, 5.41) is 5.58. The van der Waals surface area contributed by atoms with Gasteiger partial charge in [-0.1, -0.05) is 16.5 Å². The van der Waals surface area contributed by atoms with E-state index in [-0.39, 0.29) is 0 Å². The van der Waals surface area contributed by atoms with Crippen LogP contribution in [0.15, 0.2) is 40.9 Å². The predicted octanol–water partition coefficient (Wildman–Crippen LogP) is 5.35. The summed E-state index contributed by atoms with van der Waals surface area (Å²) in [7, 11) is 0. The standard InChI is InChI=1S/C21H23N3O3S/c1-14-17-8-6-15(12-19(17)27-24-14)25-10-4-2-3-5-11-26-16-7-9-18-20(13-16)28-21(22)23-18/h6-9,12-13H,2-5,10-11H2,1H3,(H2,22,23). The Kier molecular flexibility index (Phi) is 5.62. The van der Waals surface area contributed by atoms with E-state index >= 15 is 0 Å². The quantitative estimate of drug-likeness (QED) is 0.384. The van der Waals surface area contributed by atoms with E-state index in [0.717, 1.165) is 64.1 Å². The first-order valence-corrected chi connectivity index (χ1v) is 10.3. The summed E-state index contributed by atoms with van der Waals surface area (Å²) in [5.41, 5.74) is 8.33. The van der Waals surface area contributed by atoms with E-state index in [9.17, 15) is 0 Å². The summed E-state index contributed by atoms with van der Waals surface area (Å²) in [6, 6.07) is 11.8. The molecule has 0 spiro atoms. The van der Waals surface area contributed by atoms with Gasteiger partial charge >= 0.3 is 0 Å². The lowest BCUT2D eigenvalue weighted by atomic mass is 10.2. The molecule has 2 aromatic heterocycles. The zero-order valence-corrected chi connectivity index (χ0v) is 16.6. The lowest BCUT2D eigenvalue weighted by Crippen LogP contribution is -1.99. The molecule has 0 aliphatic rings. The Labute approximate surface area is 167 Å². The maximum atomic E-state index is 5.83. The Morgan fingerprint density at radius 1 is 0.964 bits per heavy atom. The van der Waals surface area contributed by atoms with Crippen LogP contribution in [0.2, 0.25) is 0 Å². The number of nitrogens with zero attached hydrogens (tertiary/aromatic N) is 2. The molecule has 0 saturated heterocycles. The van der Waals surface area contributed by atoms with Crippen molar-refractivity contribution in [3.63, 3.8) is 0 Å². The molecule has 4 aromatic rings. The van der Waals surface area contributed by atoms with Crippen molar-refractivity contribution in [3.8, 4) is 11.5 Å². The van der Waals surface area contributed by atoms with Crippen LogP contribution >= 0.6 is 11.3 Å². The maximum Gasteiger partial charge on any atom is 0.181 e. The molecule has 7 heteroatoms. The number of rotatable bonds is 9. The van der Waals surface area contributed by atoms with Crippen LogP contribution < -0.4 is 15.2 Å². The van der Waals surface area contributed by atoms with Gasteiger partial charge in [-0.3, -0.25) is 0 Å². The fraction of sp³-hybridized carbons (Fsp3) is 0.333. The maximum absolute atomic E-state index is 5.83. The van der Waals surface area contributed by atoms with Gasteiger partial charge in [0.25, 0.3) is 0 Å². The van der Waals surface area contributed by atoms with Crippen molar-refractivity contribution in [3.05, 3.63) is 42.1 Å². The normalized spacial score (nSPS) is 11.3. The summed E-state index contributed by atoms with van der Waals surface area (Å²) in [4.78, 5) is 4.25. The highest BCUT2D eigenvalue weighted by molar-refractivity contribution is 7.22. The molecule has 146 valence electrons. The average Bonchev–Trinajstić information content (AvgIpc) is 3.25. The topological polar surface area (TPSA) is 83.4 Å². The number of anilines is 1. The SMILES string of the molecule is Cc1noc2cc(OCCCCCCOc3ccc4nc(N)sc4c3)ccc12. The molecule has 2 N–H and O–H groups in total. The number of nitrogen functional groups attached to an aromatic ring is 1. The van der Waals surface area contributed by atoms with Crippen molar-refractivity contribution >= 4 is 37.7 Å². The van der Waals surface area contributed by atoms with Crippen LogP contribution in [0, 0.1) is 6.92 Å². The van der Waals surface area contributed by atoms with Gasteiger partial charge in [0, 0.05) is 11.5 Å². The molecule has 0 amide bonds. The third-order valence-corrected chi connectivity index (χ3v) is 5.42. The van der Waals surface area contributed by atoms with Crippen LogP contribution in [0.5, 0.6) is 11.5 Å². The molecule has 0 fully saturated rings. The lowest BCUT2D eigenvalue weighted by molar-refractivity contribution is 0.287. The molecule has 0 unspecified atom stereocenters. The van der Waals surface area contributed by atoms with Gasteiger partial charge in [0.2, 0.25) is 0 Å². The highest BCUT2D eigenvalue weighted by Gasteiger charge is 2.05. The van der Waals surface area contributed by atoms with Gasteiger partial charge in [-0.05, 0) is 62.9 Å². The van der Waals surface area contributed by atoms with Crippen LogP contribution in [-0.4, -0.2) is 23.4 Å². The van der Waals surface area contributed by atoms with E-state index in [1.807, 2.05) is 43.3 Å². The van der Waals surface area contributed by atoms with Crippen molar-refractivity contribution in [2.75, 3.05) is 18.9 Å². The third kappa shape index (κ3) is 4.36. The molecule has 0 bridgehead atoms. The second kappa shape index (κ2) is 8.48. The smallest absolute Gasteiger partial charge is 0.181 e. The highest BCUT2D eigenvalue weighted by Crippen LogP contribution is 2.27. The zero-order chi connectivity index (χ0) is 19.3. The third-order valence-electron chi connectivity index (χ3n) is 4.58.